The third kappa shape index (κ3) is 4.73. The van der Waals surface area contributed by atoms with Crippen molar-refractivity contribution in [2.45, 2.75) is 40.2 Å². The molecular weight excluding hydrogens is 380 g/mol. The van der Waals surface area contributed by atoms with Gasteiger partial charge in [-0.25, -0.2) is 0 Å². The summed E-state index contributed by atoms with van der Waals surface area (Å²) in [5, 5.41) is 25.1. The fourth-order valence-corrected chi connectivity index (χ4v) is 3.41. The van der Waals surface area contributed by atoms with Gasteiger partial charge >= 0.3 is 0 Å². The number of nitrogens with one attached hydrogen (secondary N) is 5. The minimum atomic E-state index is 0.0939. The number of fused-ring (bicyclic) bond motifs is 1. The SMILES string of the molecule is Cc1cc2c[nH]c(O)c2cc1Nc1nc(NCC(C)(C)C)nc(N[C@@H]2CCNC2)n1. The minimum Gasteiger partial charge on any atom is -0.494 e. The van der Waals surface area contributed by atoms with E-state index in [1.807, 2.05) is 19.1 Å². The Balaban J connectivity index is 1.63. The quantitative estimate of drug-likeness (QED) is 0.366. The molecule has 0 radical (unpaired) electrons. The maximum atomic E-state index is 10.0. The fraction of sp³-hybridized carbons (Fsp3) is 0.476. The Morgan fingerprint density at radius 2 is 1.90 bits per heavy atom. The molecule has 3 aromatic rings. The van der Waals surface area contributed by atoms with Gasteiger partial charge in [0.2, 0.25) is 17.8 Å². The minimum absolute atomic E-state index is 0.0939. The largest absolute Gasteiger partial charge is 0.494 e. The maximum absolute atomic E-state index is 10.0. The van der Waals surface area contributed by atoms with E-state index in [0.29, 0.717) is 23.9 Å². The van der Waals surface area contributed by atoms with Gasteiger partial charge in [-0.2, -0.15) is 15.0 Å². The van der Waals surface area contributed by atoms with E-state index in [1.54, 1.807) is 6.20 Å². The van der Waals surface area contributed by atoms with Gasteiger partial charge < -0.3 is 31.4 Å². The number of nitrogens with zero attached hydrogens (tertiary/aromatic N) is 3. The Morgan fingerprint density at radius 3 is 2.63 bits per heavy atom. The number of aromatic nitrogens is 4. The predicted octanol–water partition coefficient (Wildman–Crippen LogP) is 3.34. The van der Waals surface area contributed by atoms with Crippen molar-refractivity contribution in [3.05, 3.63) is 23.9 Å². The van der Waals surface area contributed by atoms with Crippen LogP contribution in [0.5, 0.6) is 5.88 Å². The first kappa shape index (κ1) is 20.2. The Bertz CT molecular complexity index is 1030. The highest BCUT2D eigenvalue weighted by Crippen LogP contribution is 2.30. The molecule has 1 aliphatic rings. The molecule has 6 N–H and O–H groups in total. The first-order valence-corrected chi connectivity index (χ1v) is 10.3. The summed E-state index contributed by atoms with van der Waals surface area (Å²) in [4.78, 5) is 16.6. The molecule has 9 heteroatoms. The average Bonchev–Trinajstić information content (AvgIpc) is 3.30. The molecule has 1 saturated heterocycles. The van der Waals surface area contributed by atoms with Gasteiger partial charge in [-0.3, -0.25) is 0 Å². The summed E-state index contributed by atoms with van der Waals surface area (Å²) in [6.07, 6.45) is 2.82. The molecule has 0 amide bonds. The summed E-state index contributed by atoms with van der Waals surface area (Å²) in [5.74, 6) is 1.67. The lowest BCUT2D eigenvalue weighted by Crippen LogP contribution is -2.25. The standard InChI is InChI=1S/C21H30N8O/c1-12-7-13-9-23-17(30)15(13)8-16(12)26-20-28-18(24-11-21(2,3)4)27-19(29-20)25-14-5-6-22-10-14/h7-9,14,22-23,30H,5-6,10-11H2,1-4H3,(H3,24,25,26,27,28,29)/t14-/m1/s1. The zero-order valence-corrected chi connectivity index (χ0v) is 17.9. The monoisotopic (exact) mass is 410 g/mol. The Labute approximate surface area is 176 Å². The second kappa shape index (κ2) is 7.98. The lowest BCUT2D eigenvalue weighted by molar-refractivity contribution is 0.441. The van der Waals surface area contributed by atoms with Gasteiger partial charge in [0.05, 0.1) is 0 Å². The van der Waals surface area contributed by atoms with Crippen LogP contribution in [0.3, 0.4) is 0 Å². The molecule has 1 aliphatic heterocycles. The Morgan fingerprint density at radius 1 is 1.13 bits per heavy atom. The van der Waals surface area contributed by atoms with E-state index in [-0.39, 0.29) is 11.3 Å². The Kier molecular flexibility index (Phi) is 5.38. The molecule has 0 aliphatic carbocycles. The van der Waals surface area contributed by atoms with Crippen LogP contribution in [0.15, 0.2) is 18.3 Å². The van der Waals surface area contributed by atoms with Crippen LogP contribution < -0.4 is 21.3 Å². The number of hydrogen-bond donors (Lipinski definition) is 6. The van der Waals surface area contributed by atoms with E-state index in [0.717, 1.165) is 48.1 Å². The molecule has 4 rings (SSSR count). The first-order valence-electron chi connectivity index (χ1n) is 10.3. The van der Waals surface area contributed by atoms with Gasteiger partial charge in [0.1, 0.15) is 0 Å². The topological polar surface area (TPSA) is 123 Å². The van der Waals surface area contributed by atoms with Gasteiger partial charge in [0, 0.05) is 41.8 Å². The van der Waals surface area contributed by atoms with Gasteiger partial charge in [-0.15, -0.1) is 0 Å². The second-order valence-electron chi connectivity index (χ2n) is 9.07. The number of benzene rings is 1. The third-order valence-corrected chi connectivity index (χ3v) is 5.07. The number of rotatable bonds is 6. The summed E-state index contributed by atoms with van der Waals surface area (Å²) in [6.45, 7) is 11.1. The highest BCUT2D eigenvalue weighted by molar-refractivity contribution is 5.92. The van der Waals surface area contributed by atoms with Gasteiger partial charge in [0.25, 0.3) is 0 Å². The predicted molar refractivity (Wildman–Crippen MR) is 121 cm³/mol. The normalized spacial score (nSPS) is 16.7. The van der Waals surface area contributed by atoms with Crippen LogP contribution in [-0.4, -0.2) is 50.7 Å². The number of anilines is 4. The summed E-state index contributed by atoms with van der Waals surface area (Å²) >= 11 is 0. The van der Waals surface area contributed by atoms with E-state index in [4.69, 9.17) is 0 Å². The van der Waals surface area contributed by atoms with Crippen molar-refractivity contribution in [1.82, 2.24) is 25.3 Å². The lowest BCUT2D eigenvalue weighted by Gasteiger charge is -2.20. The molecule has 2 aromatic heterocycles. The summed E-state index contributed by atoms with van der Waals surface area (Å²) in [6, 6.07) is 4.21. The van der Waals surface area contributed by atoms with Crippen LogP contribution in [0.4, 0.5) is 23.5 Å². The van der Waals surface area contributed by atoms with Crippen molar-refractivity contribution in [3.63, 3.8) is 0 Å². The molecule has 1 atom stereocenters. The van der Waals surface area contributed by atoms with Crippen LogP contribution in [0.25, 0.3) is 10.8 Å². The number of hydrogen-bond acceptors (Lipinski definition) is 8. The number of H-pyrrole nitrogens is 1. The lowest BCUT2D eigenvalue weighted by atomic mass is 9.97. The first-order chi connectivity index (χ1) is 14.3. The molecule has 160 valence electrons. The molecule has 0 bridgehead atoms. The van der Waals surface area contributed by atoms with Crippen LogP contribution in [-0.2, 0) is 0 Å². The van der Waals surface area contributed by atoms with Crippen molar-refractivity contribution < 1.29 is 5.11 Å². The van der Waals surface area contributed by atoms with E-state index in [1.165, 1.54) is 0 Å². The van der Waals surface area contributed by atoms with Gasteiger partial charge in [-0.05, 0) is 43.0 Å². The van der Waals surface area contributed by atoms with Crippen molar-refractivity contribution in [3.8, 4) is 5.88 Å². The van der Waals surface area contributed by atoms with Gasteiger partial charge in [-0.1, -0.05) is 20.8 Å². The van der Waals surface area contributed by atoms with Crippen LogP contribution in [0.2, 0.25) is 0 Å². The van der Waals surface area contributed by atoms with Crippen LogP contribution in [0.1, 0.15) is 32.8 Å². The van der Waals surface area contributed by atoms with Crippen LogP contribution in [0, 0.1) is 12.3 Å². The number of aromatic amines is 1. The smallest absolute Gasteiger partial charge is 0.233 e. The molecule has 1 aromatic carbocycles. The fourth-order valence-electron chi connectivity index (χ4n) is 3.41. The van der Waals surface area contributed by atoms with Crippen molar-refractivity contribution >= 4 is 34.3 Å². The second-order valence-corrected chi connectivity index (χ2v) is 9.07. The van der Waals surface area contributed by atoms with Gasteiger partial charge in [0.15, 0.2) is 5.88 Å². The highest BCUT2D eigenvalue weighted by atomic mass is 16.3. The summed E-state index contributed by atoms with van der Waals surface area (Å²) < 4.78 is 0. The molecular formula is C21H30N8O. The number of aromatic hydroxyl groups is 1. The average molecular weight is 411 g/mol. The Hall–Kier alpha value is -3.07. The van der Waals surface area contributed by atoms with Crippen molar-refractivity contribution in [1.29, 1.82) is 0 Å². The molecule has 1 fully saturated rings. The molecule has 30 heavy (non-hydrogen) atoms. The molecule has 9 nitrogen and oxygen atoms in total. The molecule has 0 saturated carbocycles. The van der Waals surface area contributed by atoms with E-state index in [9.17, 15) is 5.11 Å². The van der Waals surface area contributed by atoms with Crippen molar-refractivity contribution in [2.75, 3.05) is 35.6 Å². The van der Waals surface area contributed by atoms with E-state index >= 15 is 0 Å². The molecule has 0 unspecified atom stereocenters. The summed E-state index contributed by atoms with van der Waals surface area (Å²) in [7, 11) is 0. The molecule has 0 spiro atoms. The number of aryl methyl sites for hydroxylation is 1. The zero-order chi connectivity index (χ0) is 21.3. The highest BCUT2D eigenvalue weighted by Gasteiger charge is 2.18. The summed E-state index contributed by atoms with van der Waals surface area (Å²) in [5.41, 5.74) is 1.95. The third-order valence-electron chi connectivity index (χ3n) is 5.07. The van der Waals surface area contributed by atoms with Crippen LogP contribution >= 0.6 is 0 Å². The van der Waals surface area contributed by atoms with Crippen molar-refractivity contribution in [2.24, 2.45) is 5.41 Å². The zero-order valence-electron chi connectivity index (χ0n) is 17.9. The maximum Gasteiger partial charge on any atom is 0.233 e. The van der Waals surface area contributed by atoms with E-state index in [2.05, 4.69) is 62.0 Å². The molecule has 3 heterocycles. The van der Waals surface area contributed by atoms with E-state index < -0.39 is 0 Å².